The monoisotopic (exact) mass is 400 g/mol. The van der Waals surface area contributed by atoms with Crippen molar-refractivity contribution in [3.8, 4) is 11.4 Å². The molecule has 0 saturated carbocycles. The van der Waals surface area contributed by atoms with Gasteiger partial charge in [-0.3, -0.25) is 4.68 Å². The van der Waals surface area contributed by atoms with Crippen molar-refractivity contribution < 1.29 is 14.1 Å². The molecule has 7 nitrogen and oxygen atoms in total. The summed E-state index contributed by atoms with van der Waals surface area (Å²) in [5.41, 5.74) is 2.79. The summed E-state index contributed by atoms with van der Waals surface area (Å²) >= 11 is 0. The predicted molar refractivity (Wildman–Crippen MR) is 111 cm³/mol. The Morgan fingerprint density at radius 2 is 1.87 bits per heavy atom. The van der Waals surface area contributed by atoms with E-state index in [1.807, 2.05) is 71.5 Å². The molecule has 0 saturated heterocycles. The first-order valence-electron chi connectivity index (χ1n) is 9.51. The van der Waals surface area contributed by atoms with Gasteiger partial charge in [0.05, 0.1) is 12.7 Å². The van der Waals surface area contributed by atoms with Gasteiger partial charge in [0.25, 0.3) is 5.89 Å². The van der Waals surface area contributed by atoms with E-state index >= 15 is 0 Å². The topological polar surface area (TPSA) is 83.0 Å². The molecule has 30 heavy (non-hydrogen) atoms. The van der Waals surface area contributed by atoms with Crippen molar-refractivity contribution in [3.63, 3.8) is 0 Å². The first kappa shape index (κ1) is 19.3. The highest BCUT2D eigenvalue weighted by Gasteiger charge is 2.18. The fourth-order valence-corrected chi connectivity index (χ4v) is 2.86. The molecule has 0 amide bonds. The van der Waals surface area contributed by atoms with Crippen molar-refractivity contribution in [1.29, 1.82) is 0 Å². The maximum Gasteiger partial charge on any atom is 0.331 e. The van der Waals surface area contributed by atoms with E-state index in [0.717, 1.165) is 16.7 Å². The minimum Gasteiger partial charge on any atom is -0.449 e. The number of hydrogen-bond acceptors (Lipinski definition) is 6. The summed E-state index contributed by atoms with van der Waals surface area (Å²) in [6.07, 6.45) is 5.92. The van der Waals surface area contributed by atoms with Crippen LogP contribution in [0.2, 0.25) is 0 Å². The van der Waals surface area contributed by atoms with Crippen LogP contribution in [-0.2, 0) is 16.1 Å². The van der Waals surface area contributed by atoms with Gasteiger partial charge in [-0.1, -0.05) is 65.8 Å². The minimum absolute atomic E-state index is 0.242. The Morgan fingerprint density at radius 3 is 2.63 bits per heavy atom. The van der Waals surface area contributed by atoms with Gasteiger partial charge in [0.2, 0.25) is 5.82 Å². The average Bonchev–Trinajstić information content (AvgIpc) is 3.44. The lowest BCUT2D eigenvalue weighted by Crippen LogP contribution is -2.06. The standard InChI is InChI=1S/C23H20N4O3/c1-17(23-25-22(26-30-23)20-10-6-3-7-11-20)29-21(28)13-12-19-14-24-27(16-19)15-18-8-4-2-5-9-18/h2-14,16-17H,15H2,1H3/b13-12+/t17-/m1/s1. The van der Waals surface area contributed by atoms with Crippen molar-refractivity contribution in [2.45, 2.75) is 19.6 Å². The molecule has 0 N–H and O–H groups in total. The molecule has 4 aromatic rings. The maximum atomic E-state index is 12.1. The molecule has 4 rings (SSSR count). The number of aromatic nitrogens is 4. The first-order chi connectivity index (χ1) is 14.7. The van der Waals surface area contributed by atoms with Crippen LogP contribution in [0, 0.1) is 0 Å². The van der Waals surface area contributed by atoms with Crippen molar-refractivity contribution in [3.05, 3.63) is 96.2 Å². The zero-order valence-corrected chi connectivity index (χ0v) is 16.4. The lowest BCUT2D eigenvalue weighted by atomic mass is 10.2. The SMILES string of the molecule is C[C@@H](OC(=O)/C=C/c1cnn(Cc2ccccc2)c1)c1nc(-c2ccccc2)no1. The first-order valence-corrected chi connectivity index (χ1v) is 9.51. The summed E-state index contributed by atoms with van der Waals surface area (Å²) in [4.78, 5) is 16.5. The van der Waals surface area contributed by atoms with Crippen molar-refractivity contribution in [2.24, 2.45) is 0 Å². The fraction of sp³-hybridized carbons (Fsp3) is 0.130. The van der Waals surface area contributed by atoms with Crippen LogP contribution < -0.4 is 0 Å². The summed E-state index contributed by atoms with van der Waals surface area (Å²) < 4.78 is 12.4. The van der Waals surface area contributed by atoms with E-state index in [9.17, 15) is 4.79 Å². The largest absolute Gasteiger partial charge is 0.449 e. The Hall–Kier alpha value is -4.00. The number of rotatable bonds is 7. The molecule has 0 aliphatic heterocycles. The minimum atomic E-state index is -0.659. The third-order valence-corrected chi connectivity index (χ3v) is 4.37. The van der Waals surface area contributed by atoms with Gasteiger partial charge in [0.1, 0.15) is 0 Å². The van der Waals surface area contributed by atoms with Crippen LogP contribution in [0.1, 0.15) is 30.0 Å². The van der Waals surface area contributed by atoms with Crippen LogP contribution in [0.15, 0.2) is 83.7 Å². The van der Waals surface area contributed by atoms with Gasteiger partial charge in [0.15, 0.2) is 6.10 Å². The molecule has 0 fully saturated rings. The summed E-state index contributed by atoms with van der Waals surface area (Å²) in [5, 5.41) is 8.25. The summed E-state index contributed by atoms with van der Waals surface area (Å²) in [7, 11) is 0. The van der Waals surface area contributed by atoms with Crippen LogP contribution >= 0.6 is 0 Å². The Kier molecular flexibility index (Phi) is 5.80. The normalized spacial score (nSPS) is 12.2. The predicted octanol–water partition coefficient (Wildman–Crippen LogP) is 4.30. The van der Waals surface area contributed by atoms with Crippen LogP contribution in [0.4, 0.5) is 0 Å². The lowest BCUT2D eigenvalue weighted by molar-refractivity contribution is -0.143. The third-order valence-electron chi connectivity index (χ3n) is 4.37. The van der Waals surface area contributed by atoms with E-state index in [4.69, 9.17) is 9.26 Å². The van der Waals surface area contributed by atoms with Gasteiger partial charge in [-0.05, 0) is 18.6 Å². The molecule has 2 aromatic carbocycles. The maximum absolute atomic E-state index is 12.1. The molecule has 150 valence electrons. The number of nitrogens with zero attached hydrogens (tertiary/aromatic N) is 4. The number of carbonyl (C=O) groups excluding carboxylic acids is 1. The average molecular weight is 400 g/mol. The van der Waals surface area contributed by atoms with Crippen LogP contribution in [0.5, 0.6) is 0 Å². The van der Waals surface area contributed by atoms with Crippen molar-refractivity contribution in [2.75, 3.05) is 0 Å². The van der Waals surface area contributed by atoms with Crippen LogP contribution in [0.3, 0.4) is 0 Å². The van der Waals surface area contributed by atoms with E-state index in [1.165, 1.54) is 6.08 Å². The Bertz CT molecular complexity index is 1130. The molecule has 0 radical (unpaired) electrons. The van der Waals surface area contributed by atoms with Gasteiger partial charge in [0, 0.05) is 23.4 Å². The number of carbonyl (C=O) groups is 1. The fourth-order valence-electron chi connectivity index (χ4n) is 2.86. The van der Waals surface area contributed by atoms with Gasteiger partial charge in [-0.25, -0.2) is 4.79 Å². The second-order valence-corrected chi connectivity index (χ2v) is 6.69. The highest BCUT2D eigenvalue weighted by atomic mass is 16.6. The molecule has 0 unspecified atom stereocenters. The van der Waals surface area contributed by atoms with E-state index in [0.29, 0.717) is 12.4 Å². The number of benzene rings is 2. The zero-order chi connectivity index (χ0) is 20.8. The summed E-state index contributed by atoms with van der Waals surface area (Å²) in [5.74, 6) is 0.193. The Morgan fingerprint density at radius 1 is 1.13 bits per heavy atom. The second kappa shape index (κ2) is 9.00. The molecule has 0 bridgehead atoms. The van der Waals surface area contributed by atoms with E-state index < -0.39 is 12.1 Å². The highest BCUT2D eigenvalue weighted by molar-refractivity contribution is 5.87. The van der Waals surface area contributed by atoms with Crippen LogP contribution in [-0.4, -0.2) is 25.9 Å². The van der Waals surface area contributed by atoms with E-state index in [1.54, 1.807) is 19.2 Å². The van der Waals surface area contributed by atoms with Crippen LogP contribution in [0.25, 0.3) is 17.5 Å². The quantitative estimate of drug-likeness (QED) is 0.340. The molecule has 0 spiro atoms. The zero-order valence-electron chi connectivity index (χ0n) is 16.4. The van der Waals surface area contributed by atoms with Gasteiger partial charge in [-0.15, -0.1) is 0 Å². The second-order valence-electron chi connectivity index (χ2n) is 6.69. The number of esters is 1. The molecule has 2 heterocycles. The molecule has 7 heteroatoms. The highest BCUT2D eigenvalue weighted by Crippen LogP contribution is 2.20. The summed E-state index contributed by atoms with van der Waals surface area (Å²) in [6, 6.07) is 19.5. The third kappa shape index (κ3) is 4.88. The lowest BCUT2D eigenvalue weighted by Gasteiger charge is -2.06. The Balaban J connectivity index is 1.33. The van der Waals surface area contributed by atoms with Crippen molar-refractivity contribution in [1.82, 2.24) is 19.9 Å². The molecule has 2 aromatic heterocycles. The van der Waals surface area contributed by atoms with Gasteiger partial charge in [-0.2, -0.15) is 10.1 Å². The Labute approximate surface area is 173 Å². The molecular formula is C23H20N4O3. The van der Waals surface area contributed by atoms with E-state index in [-0.39, 0.29) is 5.89 Å². The molecule has 0 aliphatic carbocycles. The summed E-state index contributed by atoms with van der Waals surface area (Å²) in [6.45, 7) is 2.35. The smallest absolute Gasteiger partial charge is 0.331 e. The van der Waals surface area contributed by atoms with E-state index in [2.05, 4.69) is 15.2 Å². The van der Waals surface area contributed by atoms with Crippen molar-refractivity contribution >= 4 is 12.0 Å². The molecular weight excluding hydrogens is 380 g/mol. The molecule has 0 aliphatic rings. The van der Waals surface area contributed by atoms with Gasteiger partial charge >= 0.3 is 5.97 Å². The number of hydrogen-bond donors (Lipinski definition) is 0. The number of ether oxygens (including phenoxy) is 1. The molecule has 1 atom stereocenters. The van der Waals surface area contributed by atoms with Gasteiger partial charge < -0.3 is 9.26 Å².